The number of aliphatic imine (C=N–C) groups is 1. The Morgan fingerprint density at radius 3 is 2.75 bits per heavy atom. The maximum Gasteiger partial charge on any atom is 0.191 e. The first kappa shape index (κ1) is 11.7. The first-order chi connectivity index (χ1) is 7.79. The van der Waals surface area contributed by atoms with Gasteiger partial charge in [0.25, 0.3) is 0 Å². The second-order valence-electron chi connectivity index (χ2n) is 4.98. The van der Waals surface area contributed by atoms with Gasteiger partial charge in [0, 0.05) is 26.2 Å². The second kappa shape index (κ2) is 5.53. The quantitative estimate of drug-likeness (QED) is 0.402. The van der Waals surface area contributed by atoms with Crippen LogP contribution in [-0.4, -0.2) is 38.8 Å². The van der Waals surface area contributed by atoms with Crippen LogP contribution in [0.15, 0.2) is 4.99 Å². The highest BCUT2D eigenvalue weighted by Crippen LogP contribution is 2.29. The van der Waals surface area contributed by atoms with Gasteiger partial charge in [0.05, 0.1) is 6.61 Å². The van der Waals surface area contributed by atoms with Crippen molar-refractivity contribution < 1.29 is 4.74 Å². The summed E-state index contributed by atoms with van der Waals surface area (Å²) in [5.74, 6) is 2.55. The van der Waals surface area contributed by atoms with Gasteiger partial charge in [-0.25, -0.2) is 0 Å². The molecule has 2 aliphatic carbocycles. The van der Waals surface area contributed by atoms with E-state index in [0.717, 1.165) is 37.6 Å². The Morgan fingerprint density at radius 1 is 1.44 bits per heavy atom. The number of nitrogens with zero attached hydrogens (tertiary/aromatic N) is 1. The van der Waals surface area contributed by atoms with Crippen LogP contribution in [0, 0.1) is 11.8 Å². The van der Waals surface area contributed by atoms with Crippen LogP contribution in [0.4, 0.5) is 0 Å². The van der Waals surface area contributed by atoms with E-state index in [4.69, 9.17) is 4.74 Å². The van der Waals surface area contributed by atoms with Gasteiger partial charge >= 0.3 is 0 Å². The zero-order chi connectivity index (χ0) is 11.4. The SMILES string of the molecule is CN=C(NCCOCC1CC1)NC1CC1C. The fourth-order valence-electron chi connectivity index (χ4n) is 1.67. The topological polar surface area (TPSA) is 45.7 Å². The molecule has 0 amide bonds. The van der Waals surface area contributed by atoms with E-state index in [9.17, 15) is 0 Å². The van der Waals surface area contributed by atoms with Crippen molar-refractivity contribution in [2.75, 3.05) is 26.8 Å². The highest BCUT2D eigenvalue weighted by Gasteiger charge is 2.33. The summed E-state index contributed by atoms with van der Waals surface area (Å²) in [5.41, 5.74) is 0. The average Bonchev–Trinajstić information content (AvgIpc) is 3.16. The maximum atomic E-state index is 5.55. The molecule has 2 aliphatic rings. The molecule has 92 valence electrons. The minimum Gasteiger partial charge on any atom is -0.379 e. The Bertz CT molecular complexity index is 251. The molecule has 2 unspecified atom stereocenters. The van der Waals surface area contributed by atoms with Gasteiger partial charge in [-0.05, 0) is 31.1 Å². The fourth-order valence-corrected chi connectivity index (χ4v) is 1.67. The van der Waals surface area contributed by atoms with Crippen molar-refractivity contribution >= 4 is 5.96 Å². The molecule has 0 aromatic rings. The lowest BCUT2D eigenvalue weighted by Gasteiger charge is -2.11. The van der Waals surface area contributed by atoms with Gasteiger partial charge in [0.1, 0.15) is 0 Å². The number of guanidine groups is 1. The van der Waals surface area contributed by atoms with Gasteiger partial charge in [-0.2, -0.15) is 0 Å². The van der Waals surface area contributed by atoms with E-state index in [1.54, 1.807) is 0 Å². The molecule has 16 heavy (non-hydrogen) atoms. The molecule has 2 N–H and O–H groups in total. The standard InChI is InChI=1S/C12H23N3O/c1-9-7-11(9)15-12(13-2)14-5-6-16-8-10-3-4-10/h9-11H,3-8H2,1-2H3,(H2,13,14,15). The molecule has 0 aliphatic heterocycles. The third-order valence-electron chi connectivity index (χ3n) is 3.24. The molecule has 0 heterocycles. The van der Waals surface area contributed by atoms with E-state index in [-0.39, 0.29) is 0 Å². The van der Waals surface area contributed by atoms with Crippen LogP contribution in [-0.2, 0) is 4.74 Å². The van der Waals surface area contributed by atoms with Gasteiger partial charge in [0.15, 0.2) is 5.96 Å². The van der Waals surface area contributed by atoms with Crippen LogP contribution in [0.5, 0.6) is 0 Å². The van der Waals surface area contributed by atoms with Gasteiger partial charge in [-0.3, -0.25) is 4.99 Å². The van der Waals surface area contributed by atoms with Gasteiger partial charge in [0.2, 0.25) is 0 Å². The van der Waals surface area contributed by atoms with Crippen molar-refractivity contribution in [1.29, 1.82) is 0 Å². The number of hydrogen-bond donors (Lipinski definition) is 2. The number of nitrogens with one attached hydrogen (secondary N) is 2. The first-order valence-corrected chi connectivity index (χ1v) is 6.34. The van der Waals surface area contributed by atoms with Crippen molar-refractivity contribution in [2.45, 2.75) is 32.2 Å². The van der Waals surface area contributed by atoms with Gasteiger partial charge in [-0.1, -0.05) is 6.92 Å². The molecular weight excluding hydrogens is 202 g/mol. The van der Waals surface area contributed by atoms with Crippen LogP contribution in [0.1, 0.15) is 26.2 Å². The van der Waals surface area contributed by atoms with E-state index >= 15 is 0 Å². The lowest BCUT2D eigenvalue weighted by molar-refractivity contribution is 0.129. The summed E-state index contributed by atoms with van der Waals surface area (Å²) in [6.45, 7) is 4.81. The predicted molar refractivity (Wildman–Crippen MR) is 65.6 cm³/mol. The van der Waals surface area contributed by atoms with Crippen LogP contribution in [0.3, 0.4) is 0 Å². The molecule has 2 atom stereocenters. The third-order valence-corrected chi connectivity index (χ3v) is 3.24. The van der Waals surface area contributed by atoms with Crippen LogP contribution >= 0.6 is 0 Å². The summed E-state index contributed by atoms with van der Waals surface area (Å²) in [7, 11) is 1.81. The molecule has 0 spiro atoms. The van der Waals surface area contributed by atoms with Crippen molar-refractivity contribution in [3.8, 4) is 0 Å². The Kier molecular flexibility index (Phi) is 4.04. The summed E-state index contributed by atoms with van der Waals surface area (Å²) < 4.78 is 5.55. The van der Waals surface area contributed by atoms with E-state index in [0.29, 0.717) is 6.04 Å². The first-order valence-electron chi connectivity index (χ1n) is 6.34. The zero-order valence-corrected chi connectivity index (χ0v) is 10.3. The molecule has 2 saturated carbocycles. The highest BCUT2D eigenvalue weighted by molar-refractivity contribution is 5.80. The lowest BCUT2D eigenvalue weighted by atomic mass is 10.5. The van der Waals surface area contributed by atoms with Gasteiger partial charge < -0.3 is 15.4 Å². The van der Waals surface area contributed by atoms with Gasteiger partial charge in [-0.15, -0.1) is 0 Å². The Balaban J connectivity index is 1.49. The molecule has 4 heteroatoms. The maximum absolute atomic E-state index is 5.55. The van der Waals surface area contributed by atoms with Crippen molar-refractivity contribution in [2.24, 2.45) is 16.8 Å². The smallest absolute Gasteiger partial charge is 0.191 e. The van der Waals surface area contributed by atoms with E-state index < -0.39 is 0 Å². The summed E-state index contributed by atoms with van der Waals surface area (Å²) in [4.78, 5) is 4.19. The Morgan fingerprint density at radius 2 is 2.19 bits per heavy atom. The molecular formula is C12H23N3O. The van der Waals surface area contributed by atoms with Crippen molar-refractivity contribution in [3.05, 3.63) is 0 Å². The molecule has 0 saturated heterocycles. The summed E-state index contributed by atoms with van der Waals surface area (Å²) >= 11 is 0. The molecule has 0 aromatic heterocycles. The number of rotatable bonds is 6. The van der Waals surface area contributed by atoms with E-state index in [2.05, 4.69) is 22.5 Å². The minimum absolute atomic E-state index is 0.624. The predicted octanol–water partition coefficient (Wildman–Crippen LogP) is 0.986. The summed E-state index contributed by atoms with van der Waals surface area (Å²) in [6, 6.07) is 0.624. The Hall–Kier alpha value is -0.770. The van der Waals surface area contributed by atoms with E-state index in [1.807, 2.05) is 7.05 Å². The normalized spacial score (nSPS) is 29.0. The second-order valence-corrected chi connectivity index (χ2v) is 4.98. The van der Waals surface area contributed by atoms with Crippen LogP contribution < -0.4 is 10.6 Å². The molecule has 2 rings (SSSR count). The number of hydrogen-bond acceptors (Lipinski definition) is 2. The third kappa shape index (κ3) is 4.00. The molecule has 2 fully saturated rings. The minimum atomic E-state index is 0.624. The van der Waals surface area contributed by atoms with Crippen molar-refractivity contribution in [3.63, 3.8) is 0 Å². The lowest BCUT2D eigenvalue weighted by Crippen LogP contribution is -2.40. The van der Waals surface area contributed by atoms with Crippen LogP contribution in [0.25, 0.3) is 0 Å². The average molecular weight is 225 g/mol. The zero-order valence-electron chi connectivity index (χ0n) is 10.3. The van der Waals surface area contributed by atoms with Crippen molar-refractivity contribution in [1.82, 2.24) is 10.6 Å². The fraction of sp³-hybridized carbons (Fsp3) is 0.917. The molecule has 4 nitrogen and oxygen atoms in total. The largest absolute Gasteiger partial charge is 0.379 e. The molecule has 0 aromatic carbocycles. The summed E-state index contributed by atoms with van der Waals surface area (Å²) in [5, 5.41) is 6.66. The van der Waals surface area contributed by atoms with Crippen LogP contribution in [0.2, 0.25) is 0 Å². The number of ether oxygens (including phenoxy) is 1. The Labute approximate surface area is 97.9 Å². The highest BCUT2D eigenvalue weighted by atomic mass is 16.5. The summed E-state index contributed by atoms with van der Waals surface area (Å²) in [6.07, 6.45) is 3.98. The van der Waals surface area contributed by atoms with E-state index in [1.165, 1.54) is 19.3 Å². The monoisotopic (exact) mass is 225 g/mol. The molecule has 0 bridgehead atoms. The molecule has 0 radical (unpaired) electrons.